The van der Waals surface area contributed by atoms with Crippen LogP contribution in [0.4, 0.5) is 14.5 Å². The molecule has 0 aliphatic heterocycles. The smallest absolute Gasteiger partial charge is 0.216 e. The van der Waals surface area contributed by atoms with E-state index in [2.05, 4.69) is 10.3 Å². The fourth-order valence-electron chi connectivity index (χ4n) is 6.63. The molecule has 5 aliphatic rings. The highest BCUT2D eigenvalue weighted by Crippen LogP contribution is 2.63. The number of hydrogen-bond donors (Lipinski definition) is 1. The lowest BCUT2D eigenvalue weighted by atomic mass is 9.50. The number of nitrogens with zero attached hydrogens (tertiary/aromatic N) is 1. The van der Waals surface area contributed by atoms with E-state index in [0.717, 1.165) is 37.8 Å². The van der Waals surface area contributed by atoms with Crippen molar-refractivity contribution < 1.29 is 13.5 Å². The molecule has 4 saturated carbocycles. The van der Waals surface area contributed by atoms with Gasteiger partial charge in [0.25, 0.3) is 0 Å². The zero-order chi connectivity index (χ0) is 17.3. The van der Waals surface area contributed by atoms with Crippen molar-refractivity contribution in [3.05, 3.63) is 17.3 Å². The van der Waals surface area contributed by atoms with Crippen molar-refractivity contribution in [3.8, 4) is 5.88 Å². The number of nitrogens with one attached hydrogen (secondary N) is 1. The number of methoxy groups -OCH3 is 1. The predicted octanol–water partition coefficient (Wildman–Crippen LogP) is 4.53. The molecule has 4 bridgehead atoms. The molecule has 5 aliphatic carbocycles. The molecule has 6 rings (SSSR count). The van der Waals surface area contributed by atoms with Gasteiger partial charge in [-0.15, -0.1) is 0 Å². The third-order valence-electron chi connectivity index (χ3n) is 6.89. The largest absolute Gasteiger partial charge is 0.481 e. The third-order valence-corrected chi connectivity index (χ3v) is 6.89. The van der Waals surface area contributed by atoms with E-state index in [1.165, 1.54) is 11.1 Å². The predicted molar refractivity (Wildman–Crippen MR) is 92.7 cm³/mol. The van der Waals surface area contributed by atoms with Gasteiger partial charge in [0.1, 0.15) is 11.3 Å². The molecule has 2 atom stereocenters. The summed E-state index contributed by atoms with van der Waals surface area (Å²) in [6.07, 6.45) is 8.98. The molecule has 136 valence electrons. The summed E-state index contributed by atoms with van der Waals surface area (Å²) in [5.41, 5.74) is 0.278. The van der Waals surface area contributed by atoms with Crippen molar-refractivity contribution in [2.24, 2.45) is 5.92 Å². The van der Waals surface area contributed by atoms with Gasteiger partial charge in [-0.2, -0.15) is 0 Å². The second kappa shape index (κ2) is 5.08. The van der Waals surface area contributed by atoms with Crippen LogP contribution in [0.25, 0.3) is 0 Å². The first-order valence-electron chi connectivity index (χ1n) is 9.62. The van der Waals surface area contributed by atoms with E-state index in [-0.39, 0.29) is 12.3 Å². The average molecular weight is 348 g/mol. The van der Waals surface area contributed by atoms with Crippen LogP contribution in [-0.2, 0) is 12.8 Å². The zero-order valence-corrected chi connectivity index (χ0v) is 14.8. The highest BCUT2D eigenvalue weighted by molar-refractivity contribution is 5.58. The fraction of sp³-hybridized carbons (Fsp3) is 0.750. The number of ether oxygens (including phenoxy) is 1. The second-order valence-corrected chi connectivity index (χ2v) is 9.06. The monoisotopic (exact) mass is 348 g/mol. The second-order valence-electron chi connectivity index (χ2n) is 9.06. The van der Waals surface area contributed by atoms with Crippen LogP contribution < -0.4 is 10.1 Å². The molecule has 0 amide bonds. The average Bonchev–Trinajstić information content (AvgIpc) is 2.51. The van der Waals surface area contributed by atoms with Crippen LogP contribution in [0.15, 0.2) is 6.20 Å². The quantitative estimate of drug-likeness (QED) is 0.871. The molecule has 2 unspecified atom stereocenters. The Morgan fingerprint density at radius 2 is 1.72 bits per heavy atom. The van der Waals surface area contributed by atoms with E-state index in [0.29, 0.717) is 31.6 Å². The minimum absolute atomic E-state index is 0.0961. The summed E-state index contributed by atoms with van der Waals surface area (Å²) in [7, 11) is 1.66. The Bertz CT molecular complexity index is 704. The molecule has 1 N–H and O–H groups in total. The first kappa shape index (κ1) is 15.8. The van der Waals surface area contributed by atoms with Crippen molar-refractivity contribution >= 4 is 5.69 Å². The van der Waals surface area contributed by atoms with E-state index in [4.69, 9.17) is 4.74 Å². The number of hydrogen-bond acceptors (Lipinski definition) is 3. The Morgan fingerprint density at radius 1 is 1.04 bits per heavy atom. The number of anilines is 1. The van der Waals surface area contributed by atoms with E-state index >= 15 is 8.78 Å². The van der Waals surface area contributed by atoms with Crippen molar-refractivity contribution in [3.63, 3.8) is 0 Å². The summed E-state index contributed by atoms with van der Waals surface area (Å²) in [6.45, 7) is 0. The highest BCUT2D eigenvalue weighted by atomic mass is 19.2. The van der Waals surface area contributed by atoms with E-state index < -0.39 is 16.9 Å². The summed E-state index contributed by atoms with van der Waals surface area (Å²) in [4.78, 5) is 4.47. The van der Waals surface area contributed by atoms with Gasteiger partial charge in [0.2, 0.25) is 5.88 Å². The van der Waals surface area contributed by atoms with Gasteiger partial charge in [-0.3, -0.25) is 0 Å². The number of fused-ring (bicyclic) bond motifs is 1. The van der Waals surface area contributed by atoms with Gasteiger partial charge in [0, 0.05) is 30.4 Å². The molecule has 0 spiro atoms. The summed E-state index contributed by atoms with van der Waals surface area (Å²) in [5, 5.41) is 3.62. The molecule has 1 heterocycles. The van der Waals surface area contributed by atoms with Gasteiger partial charge in [-0.1, -0.05) is 0 Å². The first-order chi connectivity index (χ1) is 11.9. The lowest BCUT2D eigenvalue weighted by Gasteiger charge is -2.61. The van der Waals surface area contributed by atoms with Gasteiger partial charge < -0.3 is 10.1 Å². The van der Waals surface area contributed by atoms with Crippen molar-refractivity contribution in [1.82, 2.24) is 4.98 Å². The lowest BCUT2D eigenvalue weighted by molar-refractivity contribution is -0.137. The molecular weight excluding hydrogens is 322 g/mol. The van der Waals surface area contributed by atoms with Gasteiger partial charge in [0.05, 0.1) is 19.0 Å². The van der Waals surface area contributed by atoms with Crippen LogP contribution in [0.3, 0.4) is 0 Å². The molecule has 0 aromatic carbocycles. The van der Waals surface area contributed by atoms with Crippen LogP contribution >= 0.6 is 0 Å². The Balaban J connectivity index is 1.52. The third kappa shape index (κ3) is 2.45. The van der Waals surface area contributed by atoms with Gasteiger partial charge in [-0.05, 0) is 56.4 Å². The minimum atomic E-state index is -1.33. The lowest BCUT2D eigenvalue weighted by Crippen LogP contribution is -2.65. The SMILES string of the molecule is COc1ncc(NC23CC4CC(F)(CC(F)(C4)C2)C3)c2c1CCCC2. The topological polar surface area (TPSA) is 34.1 Å². The Labute approximate surface area is 147 Å². The molecule has 3 nitrogen and oxygen atoms in total. The van der Waals surface area contributed by atoms with Crippen molar-refractivity contribution in [2.45, 2.75) is 81.1 Å². The number of alkyl halides is 2. The number of aromatic nitrogens is 1. The molecule has 4 fully saturated rings. The minimum Gasteiger partial charge on any atom is -0.481 e. The summed E-state index contributed by atoms with van der Waals surface area (Å²) >= 11 is 0. The number of halogens is 2. The zero-order valence-electron chi connectivity index (χ0n) is 14.8. The Morgan fingerprint density at radius 3 is 2.36 bits per heavy atom. The van der Waals surface area contributed by atoms with E-state index in [9.17, 15) is 0 Å². The Hall–Kier alpha value is -1.39. The van der Waals surface area contributed by atoms with Crippen LogP contribution in [0.2, 0.25) is 0 Å². The molecule has 1 aromatic rings. The van der Waals surface area contributed by atoms with Gasteiger partial charge >= 0.3 is 0 Å². The Kier molecular flexibility index (Phi) is 3.21. The molecule has 0 radical (unpaired) electrons. The molecular formula is C20H26F2N2O. The molecule has 5 heteroatoms. The van der Waals surface area contributed by atoms with Crippen LogP contribution in [-0.4, -0.2) is 29.0 Å². The fourth-order valence-corrected chi connectivity index (χ4v) is 6.63. The maximum Gasteiger partial charge on any atom is 0.216 e. The molecule has 1 aromatic heterocycles. The summed E-state index contributed by atoms with van der Waals surface area (Å²) < 4.78 is 35.9. The van der Waals surface area contributed by atoms with Gasteiger partial charge in [0.15, 0.2) is 0 Å². The maximum atomic E-state index is 15.2. The van der Waals surface area contributed by atoms with Gasteiger partial charge in [-0.25, -0.2) is 13.8 Å². The molecule has 25 heavy (non-hydrogen) atoms. The van der Waals surface area contributed by atoms with Crippen LogP contribution in [0, 0.1) is 5.92 Å². The summed E-state index contributed by atoms with van der Waals surface area (Å²) in [5.74, 6) is 0.871. The van der Waals surface area contributed by atoms with E-state index in [1.54, 1.807) is 7.11 Å². The summed E-state index contributed by atoms with van der Waals surface area (Å²) in [6, 6.07) is 0. The maximum absolute atomic E-state index is 15.2. The van der Waals surface area contributed by atoms with E-state index in [1.807, 2.05) is 6.20 Å². The standard InChI is InChI=1S/C20H26F2N2O/c1-25-17-15-5-3-2-4-14(15)16(9-23-17)24-20-8-13-6-18(21,11-20)10-19(22,7-13)12-20/h9,13,24H,2-8,10-12H2,1H3. The van der Waals surface area contributed by atoms with Crippen LogP contribution in [0.1, 0.15) is 62.5 Å². The van der Waals surface area contributed by atoms with Crippen LogP contribution in [0.5, 0.6) is 5.88 Å². The first-order valence-corrected chi connectivity index (χ1v) is 9.62. The normalized spacial score (nSPS) is 41.5. The number of rotatable bonds is 3. The number of pyridine rings is 1. The highest BCUT2D eigenvalue weighted by Gasteiger charge is 2.64. The van der Waals surface area contributed by atoms with Crippen molar-refractivity contribution in [1.29, 1.82) is 0 Å². The molecule has 0 saturated heterocycles. The van der Waals surface area contributed by atoms with Crippen molar-refractivity contribution in [2.75, 3.05) is 12.4 Å².